The minimum absolute atomic E-state index is 0.00328. The predicted octanol–water partition coefficient (Wildman–Crippen LogP) is 1.97. The third kappa shape index (κ3) is 4.17. The molecule has 0 saturated heterocycles. The van der Waals surface area contributed by atoms with Gasteiger partial charge in [-0.05, 0) is 42.3 Å². The van der Waals surface area contributed by atoms with Gasteiger partial charge >= 0.3 is 0 Å². The van der Waals surface area contributed by atoms with E-state index in [2.05, 4.69) is 5.32 Å². The molecule has 7 heteroatoms. The van der Waals surface area contributed by atoms with Crippen LogP contribution >= 0.6 is 0 Å². The van der Waals surface area contributed by atoms with E-state index >= 15 is 0 Å². The van der Waals surface area contributed by atoms with E-state index in [1.165, 1.54) is 12.1 Å². The Kier molecular flexibility index (Phi) is 5.03. The summed E-state index contributed by atoms with van der Waals surface area (Å²) in [6.45, 7) is 0.268. The van der Waals surface area contributed by atoms with Crippen LogP contribution in [0.15, 0.2) is 53.4 Å². The van der Waals surface area contributed by atoms with Crippen LogP contribution in [0.3, 0.4) is 0 Å². The van der Waals surface area contributed by atoms with Crippen LogP contribution in [0.1, 0.15) is 5.56 Å². The van der Waals surface area contributed by atoms with E-state index in [4.69, 9.17) is 4.74 Å². The second-order valence-corrected chi connectivity index (χ2v) is 7.99. The van der Waals surface area contributed by atoms with Crippen LogP contribution in [0.5, 0.6) is 5.75 Å². The summed E-state index contributed by atoms with van der Waals surface area (Å²) >= 11 is 0. The van der Waals surface area contributed by atoms with Crippen LogP contribution < -0.4 is 10.1 Å². The van der Waals surface area contributed by atoms with Crippen LogP contribution in [0.4, 0.5) is 4.39 Å². The number of rotatable bonds is 5. The highest BCUT2D eigenvalue weighted by molar-refractivity contribution is 7.91. The second-order valence-electron chi connectivity index (χ2n) is 5.88. The Bertz CT molecular complexity index is 865. The van der Waals surface area contributed by atoms with Crippen molar-refractivity contribution in [2.24, 2.45) is 5.92 Å². The minimum atomic E-state index is -3.56. The molecule has 5 nitrogen and oxygen atoms in total. The quantitative estimate of drug-likeness (QED) is 0.825. The number of nitrogens with one attached hydrogen (secondary N) is 1. The molecule has 1 N–H and O–H groups in total. The number of carbonyl (C=O) groups is 1. The van der Waals surface area contributed by atoms with Crippen molar-refractivity contribution < 1.29 is 22.3 Å². The molecule has 0 bridgehead atoms. The Morgan fingerprint density at radius 1 is 1.16 bits per heavy atom. The lowest BCUT2D eigenvalue weighted by Gasteiger charge is -2.24. The Morgan fingerprint density at radius 2 is 1.88 bits per heavy atom. The fourth-order valence-corrected chi connectivity index (χ4v) is 3.87. The molecular weight excluding hydrogens is 345 g/mol. The van der Waals surface area contributed by atoms with E-state index in [-0.39, 0.29) is 35.6 Å². The third-order valence-corrected chi connectivity index (χ3v) is 5.82. The summed E-state index contributed by atoms with van der Waals surface area (Å²) in [4.78, 5) is 12.3. The summed E-state index contributed by atoms with van der Waals surface area (Å²) in [5.41, 5.74) is 0.966. The maximum Gasteiger partial charge on any atom is 0.226 e. The van der Waals surface area contributed by atoms with Gasteiger partial charge in [0.05, 0.1) is 16.6 Å². The van der Waals surface area contributed by atoms with Gasteiger partial charge in [0.25, 0.3) is 0 Å². The topological polar surface area (TPSA) is 72.5 Å². The average Bonchev–Trinajstić information content (AvgIpc) is 2.61. The van der Waals surface area contributed by atoms with Crippen molar-refractivity contribution in [2.45, 2.75) is 11.3 Å². The highest BCUT2D eigenvalue weighted by Gasteiger charge is 2.26. The molecule has 0 saturated carbocycles. The average molecular weight is 363 g/mol. The van der Waals surface area contributed by atoms with Crippen molar-refractivity contribution in [3.05, 3.63) is 59.9 Å². The molecule has 1 unspecified atom stereocenters. The summed E-state index contributed by atoms with van der Waals surface area (Å²) in [7, 11) is -3.56. The largest absolute Gasteiger partial charge is 0.492 e. The number of amides is 1. The van der Waals surface area contributed by atoms with Crippen molar-refractivity contribution in [3.63, 3.8) is 0 Å². The number of halogens is 1. The van der Waals surface area contributed by atoms with Crippen molar-refractivity contribution in [3.8, 4) is 5.75 Å². The fraction of sp³-hybridized carbons (Fsp3) is 0.278. The monoisotopic (exact) mass is 363 g/mol. The van der Waals surface area contributed by atoms with Gasteiger partial charge in [-0.15, -0.1) is 0 Å². The molecule has 1 aliphatic heterocycles. The summed E-state index contributed by atoms with van der Waals surface area (Å²) in [5.74, 6) is -0.531. The molecule has 25 heavy (non-hydrogen) atoms. The number of carbonyl (C=O) groups excluding carboxylic acids is 1. The summed E-state index contributed by atoms with van der Waals surface area (Å²) in [6, 6.07) is 12.2. The summed E-state index contributed by atoms with van der Waals surface area (Å²) < 4.78 is 42.8. The highest BCUT2D eigenvalue weighted by Crippen LogP contribution is 2.26. The van der Waals surface area contributed by atoms with Gasteiger partial charge in [0, 0.05) is 6.54 Å². The number of fused-ring (bicyclic) bond motifs is 1. The second kappa shape index (κ2) is 7.23. The zero-order valence-corrected chi connectivity index (χ0v) is 14.3. The van der Waals surface area contributed by atoms with Crippen LogP contribution in [0.2, 0.25) is 0 Å². The Labute approximate surface area is 145 Å². The number of sulfone groups is 1. The van der Waals surface area contributed by atoms with E-state index in [1.807, 2.05) is 24.3 Å². The molecule has 1 heterocycles. The van der Waals surface area contributed by atoms with Gasteiger partial charge in [0.2, 0.25) is 5.91 Å². The summed E-state index contributed by atoms with van der Waals surface area (Å²) in [5, 5.41) is 2.65. The number of hydrogen-bond donors (Lipinski definition) is 1. The number of ether oxygens (including phenoxy) is 1. The molecule has 2 aromatic carbocycles. The Morgan fingerprint density at radius 3 is 2.64 bits per heavy atom. The Balaban J connectivity index is 1.54. The van der Waals surface area contributed by atoms with E-state index < -0.39 is 15.7 Å². The first-order valence-corrected chi connectivity index (χ1v) is 9.58. The van der Waals surface area contributed by atoms with E-state index in [0.717, 1.165) is 23.4 Å². The van der Waals surface area contributed by atoms with Gasteiger partial charge < -0.3 is 10.1 Å². The molecule has 0 radical (unpaired) electrons. The molecule has 0 aliphatic carbocycles. The predicted molar refractivity (Wildman–Crippen MR) is 90.6 cm³/mol. The van der Waals surface area contributed by atoms with E-state index in [9.17, 15) is 17.6 Å². The van der Waals surface area contributed by atoms with E-state index in [1.54, 1.807) is 0 Å². The van der Waals surface area contributed by atoms with Gasteiger partial charge in [-0.1, -0.05) is 18.2 Å². The molecule has 1 amide bonds. The minimum Gasteiger partial charge on any atom is -0.492 e. The SMILES string of the molecule is O=C(NCCS(=O)(=O)c1ccc(F)cc1)C1COc2ccccc2C1. The van der Waals surface area contributed by atoms with Gasteiger partial charge in [0.15, 0.2) is 9.84 Å². The van der Waals surface area contributed by atoms with Gasteiger partial charge in [-0.2, -0.15) is 0 Å². The molecule has 132 valence electrons. The highest BCUT2D eigenvalue weighted by atomic mass is 32.2. The maximum absolute atomic E-state index is 12.9. The summed E-state index contributed by atoms with van der Waals surface area (Å²) in [6.07, 6.45) is 0.562. The smallest absolute Gasteiger partial charge is 0.226 e. The first-order chi connectivity index (χ1) is 12.0. The van der Waals surface area contributed by atoms with Gasteiger partial charge in [0.1, 0.15) is 18.2 Å². The zero-order chi connectivity index (χ0) is 17.9. The lowest BCUT2D eigenvalue weighted by molar-refractivity contribution is -0.126. The molecule has 0 spiro atoms. The molecule has 1 aliphatic rings. The lowest BCUT2D eigenvalue weighted by Crippen LogP contribution is -2.39. The third-order valence-electron chi connectivity index (χ3n) is 4.09. The van der Waals surface area contributed by atoms with Crippen molar-refractivity contribution in [2.75, 3.05) is 18.9 Å². The van der Waals surface area contributed by atoms with Gasteiger partial charge in [-0.25, -0.2) is 12.8 Å². The number of hydrogen-bond acceptors (Lipinski definition) is 4. The van der Waals surface area contributed by atoms with Crippen molar-refractivity contribution in [1.29, 1.82) is 0 Å². The Hall–Kier alpha value is -2.41. The fourth-order valence-electron chi connectivity index (χ4n) is 2.71. The molecule has 3 rings (SSSR count). The lowest BCUT2D eigenvalue weighted by atomic mass is 9.96. The van der Waals surface area contributed by atoms with Crippen LogP contribution in [0.25, 0.3) is 0 Å². The van der Waals surface area contributed by atoms with Crippen LogP contribution in [0, 0.1) is 11.7 Å². The molecular formula is C18H18FNO4S. The van der Waals surface area contributed by atoms with Crippen molar-refractivity contribution in [1.82, 2.24) is 5.32 Å². The van der Waals surface area contributed by atoms with Crippen LogP contribution in [-0.2, 0) is 21.1 Å². The number of benzene rings is 2. The maximum atomic E-state index is 12.9. The van der Waals surface area contributed by atoms with E-state index in [0.29, 0.717) is 6.42 Å². The molecule has 1 atom stereocenters. The first-order valence-electron chi connectivity index (χ1n) is 7.92. The van der Waals surface area contributed by atoms with Gasteiger partial charge in [-0.3, -0.25) is 4.79 Å². The zero-order valence-electron chi connectivity index (χ0n) is 13.4. The number of para-hydroxylation sites is 1. The van der Waals surface area contributed by atoms with Crippen molar-refractivity contribution >= 4 is 15.7 Å². The first kappa shape index (κ1) is 17.4. The normalized spacial score (nSPS) is 16.6. The standard InChI is InChI=1S/C18H18FNO4S/c19-15-5-7-16(8-6-15)25(22,23)10-9-20-18(21)14-11-13-3-1-2-4-17(13)24-12-14/h1-8,14H,9-12H2,(H,20,21). The molecule has 0 fully saturated rings. The molecule has 2 aromatic rings. The molecule has 0 aromatic heterocycles. The van der Waals surface area contributed by atoms with Crippen LogP contribution in [-0.4, -0.2) is 33.2 Å².